The lowest BCUT2D eigenvalue weighted by Gasteiger charge is -2.31. The zero-order valence-corrected chi connectivity index (χ0v) is 22.5. The molecule has 1 aliphatic heterocycles. The molecule has 6 aromatic rings. The van der Waals surface area contributed by atoms with E-state index < -0.39 is 0 Å². The highest BCUT2D eigenvalue weighted by Gasteiger charge is 2.24. The predicted molar refractivity (Wildman–Crippen MR) is 156 cm³/mol. The van der Waals surface area contributed by atoms with Crippen LogP contribution in [0.1, 0.15) is 30.1 Å². The SMILES string of the molecule is Clc1cccc(-c2n[nH]c(C3CCN(Cc4ccc(-c5ncn6ccnc6c5-c5ccccc5)cc4)CC3)n2)n1. The summed E-state index contributed by atoms with van der Waals surface area (Å²) in [6.45, 7) is 2.93. The minimum absolute atomic E-state index is 0.360. The minimum atomic E-state index is 0.360. The van der Waals surface area contributed by atoms with Crippen LogP contribution in [0.2, 0.25) is 5.15 Å². The van der Waals surface area contributed by atoms with Gasteiger partial charge in [-0.3, -0.25) is 14.4 Å². The lowest BCUT2D eigenvalue weighted by molar-refractivity contribution is 0.202. The quantitative estimate of drug-likeness (QED) is 0.247. The third kappa shape index (κ3) is 4.87. The van der Waals surface area contributed by atoms with Crippen molar-refractivity contribution in [1.29, 1.82) is 0 Å². The molecule has 1 fully saturated rings. The van der Waals surface area contributed by atoms with Crippen LogP contribution in [0, 0.1) is 0 Å². The van der Waals surface area contributed by atoms with E-state index in [2.05, 4.69) is 73.6 Å². The molecule has 0 unspecified atom stereocenters. The number of piperidine rings is 1. The van der Waals surface area contributed by atoms with Crippen molar-refractivity contribution in [3.63, 3.8) is 0 Å². The zero-order chi connectivity index (χ0) is 26.9. The molecule has 0 bridgehead atoms. The first-order chi connectivity index (χ1) is 19.7. The Labute approximate surface area is 236 Å². The normalized spacial score (nSPS) is 14.6. The Bertz CT molecular complexity index is 1750. The number of hydrogen-bond donors (Lipinski definition) is 1. The number of nitrogens with zero attached hydrogens (tertiary/aromatic N) is 7. The van der Waals surface area contributed by atoms with Gasteiger partial charge < -0.3 is 0 Å². The van der Waals surface area contributed by atoms with Gasteiger partial charge in [0.25, 0.3) is 0 Å². The fraction of sp³-hybridized carbons (Fsp3) is 0.194. The van der Waals surface area contributed by atoms with Crippen molar-refractivity contribution >= 4 is 17.2 Å². The highest BCUT2D eigenvalue weighted by molar-refractivity contribution is 6.29. The molecule has 4 aromatic heterocycles. The van der Waals surface area contributed by atoms with Gasteiger partial charge in [0, 0.05) is 30.4 Å². The largest absolute Gasteiger partial charge is 0.299 e. The molecule has 8 nitrogen and oxygen atoms in total. The van der Waals surface area contributed by atoms with Crippen LogP contribution in [0.15, 0.2) is 91.5 Å². The number of aromatic nitrogens is 7. The summed E-state index contributed by atoms with van der Waals surface area (Å²) in [5.74, 6) is 1.88. The van der Waals surface area contributed by atoms with Crippen LogP contribution in [0.25, 0.3) is 39.5 Å². The van der Waals surface area contributed by atoms with Crippen molar-refractivity contribution < 1.29 is 0 Å². The molecule has 1 aliphatic rings. The number of imidazole rings is 1. The fourth-order valence-corrected chi connectivity index (χ4v) is 5.64. The van der Waals surface area contributed by atoms with Gasteiger partial charge in [-0.15, -0.1) is 0 Å². The molecule has 0 aliphatic carbocycles. The van der Waals surface area contributed by atoms with Gasteiger partial charge in [-0.25, -0.2) is 19.9 Å². The number of aromatic amines is 1. The van der Waals surface area contributed by atoms with Gasteiger partial charge in [0.1, 0.15) is 28.6 Å². The molecule has 0 radical (unpaired) electrons. The lowest BCUT2D eigenvalue weighted by atomic mass is 9.95. The van der Waals surface area contributed by atoms with Crippen LogP contribution in [0.5, 0.6) is 0 Å². The number of fused-ring (bicyclic) bond motifs is 1. The third-order valence-electron chi connectivity index (χ3n) is 7.56. The standard InChI is InChI=1S/C31H27ClN8/c32-26-8-4-7-25(35-26)30-36-29(37-38-30)24-13-16-39(17-14-24)19-21-9-11-23(12-10-21)28-27(22-5-2-1-3-6-22)31-33-15-18-40(31)20-34-28/h1-12,15,18,20,24H,13-14,16-17,19H2,(H,36,37,38). The van der Waals surface area contributed by atoms with Crippen LogP contribution < -0.4 is 0 Å². The summed E-state index contributed by atoms with van der Waals surface area (Å²) in [6, 6.07) is 24.6. The summed E-state index contributed by atoms with van der Waals surface area (Å²) in [6.07, 6.45) is 7.65. The Balaban J connectivity index is 1.03. The molecule has 5 heterocycles. The summed E-state index contributed by atoms with van der Waals surface area (Å²) in [7, 11) is 0. The molecular weight excluding hydrogens is 520 g/mol. The number of H-pyrrole nitrogens is 1. The van der Waals surface area contributed by atoms with Crippen molar-refractivity contribution in [2.75, 3.05) is 13.1 Å². The first-order valence-electron chi connectivity index (χ1n) is 13.5. The van der Waals surface area contributed by atoms with Gasteiger partial charge in [0.2, 0.25) is 0 Å². The maximum absolute atomic E-state index is 6.03. The molecule has 198 valence electrons. The first kappa shape index (κ1) is 24.6. The van der Waals surface area contributed by atoms with Crippen molar-refractivity contribution in [3.8, 4) is 33.9 Å². The second kappa shape index (κ2) is 10.6. The highest BCUT2D eigenvalue weighted by atomic mass is 35.5. The van der Waals surface area contributed by atoms with Crippen molar-refractivity contribution in [2.45, 2.75) is 25.3 Å². The Morgan fingerprint density at radius 3 is 2.48 bits per heavy atom. The van der Waals surface area contributed by atoms with E-state index in [4.69, 9.17) is 21.6 Å². The van der Waals surface area contributed by atoms with Crippen LogP contribution >= 0.6 is 11.6 Å². The fourth-order valence-electron chi connectivity index (χ4n) is 5.47. The van der Waals surface area contributed by atoms with E-state index >= 15 is 0 Å². The Kier molecular flexibility index (Phi) is 6.55. The van der Waals surface area contributed by atoms with E-state index in [1.165, 1.54) is 5.56 Å². The van der Waals surface area contributed by atoms with E-state index in [9.17, 15) is 0 Å². The lowest BCUT2D eigenvalue weighted by Crippen LogP contribution is -2.32. The molecule has 0 amide bonds. The van der Waals surface area contributed by atoms with E-state index in [1.54, 1.807) is 6.07 Å². The molecule has 1 N–H and O–H groups in total. The zero-order valence-electron chi connectivity index (χ0n) is 21.8. The second-order valence-electron chi connectivity index (χ2n) is 10.1. The van der Waals surface area contributed by atoms with Gasteiger partial charge in [-0.1, -0.05) is 72.3 Å². The minimum Gasteiger partial charge on any atom is -0.299 e. The molecular formula is C31H27ClN8. The number of hydrogen-bond acceptors (Lipinski definition) is 6. The summed E-state index contributed by atoms with van der Waals surface area (Å²) >= 11 is 6.03. The van der Waals surface area contributed by atoms with E-state index in [1.807, 2.05) is 41.3 Å². The van der Waals surface area contributed by atoms with Gasteiger partial charge in [-0.2, -0.15) is 5.10 Å². The van der Waals surface area contributed by atoms with E-state index in [0.717, 1.165) is 66.3 Å². The van der Waals surface area contributed by atoms with Gasteiger partial charge in [-0.05, 0) is 49.2 Å². The number of benzene rings is 2. The first-order valence-corrected chi connectivity index (χ1v) is 13.8. The average Bonchev–Trinajstić information content (AvgIpc) is 3.69. The van der Waals surface area contributed by atoms with Crippen LogP contribution in [-0.4, -0.2) is 52.5 Å². The van der Waals surface area contributed by atoms with Crippen LogP contribution in [-0.2, 0) is 6.54 Å². The number of rotatable bonds is 6. The molecule has 0 spiro atoms. The third-order valence-corrected chi connectivity index (χ3v) is 7.77. The number of nitrogens with one attached hydrogen (secondary N) is 1. The van der Waals surface area contributed by atoms with Crippen molar-refractivity contribution in [3.05, 3.63) is 108 Å². The average molecular weight is 547 g/mol. The summed E-state index contributed by atoms with van der Waals surface area (Å²) in [5.41, 5.74) is 7.07. The van der Waals surface area contributed by atoms with Gasteiger partial charge in [0.15, 0.2) is 5.82 Å². The number of pyridine rings is 1. The monoisotopic (exact) mass is 546 g/mol. The Morgan fingerprint density at radius 1 is 0.850 bits per heavy atom. The molecule has 2 aromatic carbocycles. The summed E-state index contributed by atoms with van der Waals surface area (Å²) in [4.78, 5) is 21.0. The molecule has 0 atom stereocenters. The van der Waals surface area contributed by atoms with Gasteiger partial charge >= 0.3 is 0 Å². The Hall–Kier alpha value is -4.40. The smallest absolute Gasteiger partial charge is 0.199 e. The maximum atomic E-state index is 6.03. The van der Waals surface area contributed by atoms with Crippen molar-refractivity contribution in [2.24, 2.45) is 0 Å². The topological polar surface area (TPSA) is 87.9 Å². The van der Waals surface area contributed by atoms with Gasteiger partial charge in [0.05, 0.1) is 11.3 Å². The van der Waals surface area contributed by atoms with Crippen molar-refractivity contribution in [1.82, 2.24) is 39.4 Å². The highest BCUT2D eigenvalue weighted by Crippen LogP contribution is 2.34. The number of halogens is 1. The second-order valence-corrected chi connectivity index (χ2v) is 10.5. The molecule has 9 heteroatoms. The molecule has 1 saturated heterocycles. The molecule has 0 saturated carbocycles. The Morgan fingerprint density at radius 2 is 1.68 bits per heavy atom. The predicted octanol–water partition coefficient (Wildman–Crippen LogP) is 6.28. The van der Waals surface area contributed by atoms with E-state index in [-0.39, 0.29) is 0 Å². The molecule has 7 rings (SSSR count). The van der Waals surface area contributed by atoms with Crippen LogP contribution in [0.3, 0.4) is 0 Å². The molecule has 40 heavy (non-hydrogen) atoms. The summed E-state index contributed by atoms with van der Waals surface area (Å²) in [5, 5.41) is 7.95. The number of likely N-dealkylation sites (tertiary alicyclic amines) is 1. The summed E-state index contributed by atoms with van der Waals surface area (Å²) < 4.78 is 1.97. The van der Waals surface area contributed by atoms with Crippen LogP contribution in [0.4, 0.5) is 0 Å². The van der Waals surface area contributed by atoms with E-state index in [0.29, 0.717) is 22.6 Å². The maximum Gasteiger partial charge on any atom is 0.199 e.